The number of hydrogen-bond donors (Lipinski definition) is 0. The summed E-state index contributed by atoms with van der Waals surface area (Å²) < 4.78 is 0. The number of hydrogen-bond acceptors (Lipinski definition) is 0. The normalized spacial score (nSPS) is 46.4. The molecule has 0 amide bonds. The molecule has 2 atom stereocenters. The lowest BCUT2D eigenvalue weighted by atomic mass is 9.74. The monoisotopic (exact) mass is 412 g/mol. The van der Waals surface area contributed by atoms with E-state index in [2.05, 4.69) is 0 Å². The fourth-order valence-corrected chi connectivity index (χ4v) is 8.96. The molecule has 9 fully saturated rings. The summed E-state index contributed by atoms with van der Waals surface area (Å²) in [5, 5.41) is 0. The lowest BCUT2D eigenvalue weighted by Gasteiger charge is -2.31. The first-order valence-corrected chi connectivity index (χ1v) is 14.8. The minimum atomic E-state index is 1.16. The van der Waals surface area contributed by atoms with Gasteiger partial charge in [0.25, 0.3) is 0 Å². The molecule has 0 heterocycles. The van der Waals surface area contributed by atoms with E-state index in [0.717, 1.165) is 11.8 Å². The molecular weight excluding hydrogens is 360 g/mol. The Balaban J connectivity index is 0.0000000858. The highest BCUT2D eigenvalue weighted by atomic mass is 14.4. The van der Waals surface area contributed by atoms with Crippen molar-refractivity contribution in [3.63, 3.8) is 0 Å². The molecule has 0 aliphatic heterocycles. The molecule has 0 N–H and O–H groups in total. The van der Waals surface area contributed by atoms with Crippen molar-refractivity contribution < 1.29 is 0 Å². The van der Waals surface area contributed by atoms with Gasteiger partial charge in [-0.25, -0.2) is 0 Å². The SMILES string of the molecule is C1CC2CCC(C1)C2.C1CC2CCC1C2.C1CC2CCC1C2.C1CCC2CC(C1)C2. The van der Waals surface area contributed by atoms with Gasteiger partial charge in [0.05, 0.1) is 0 Å². The average molecular weight is 413 g/mol. The van der Waals surface area contributed by atoms with E-state index in [1.807, 2.05) is 0 Å². The Labute approximate surface area is 188 Å². The molecule has 8 bridgehead atoms. The van der Waals surface area contributed by atoms with Gasteiger partial charge < -0.3 is 0 Å². The van der Waals surface area contributed by atoms with Crippen molar-refractivity contribution in [3.05, 3.63) is 0 Å². The van der Waals surface area contributed by atoms with Crippen molar-refractivity contribution >= 4 is 0 Å². The van der Waals surface area contributed by atoms with Crippen LogP contribution < -0.4 is 0 Å². The van der Waals surface area contributed by atoms with E-state index in [-0.39, 0.29) is 0 Å². The van der Waals surface area contributed by atoms with Gasteiger partial charge >= 0.3 is 0 Å². The largest absolute Gasteiger partial charge is 0.0530 e. The topological polar surface area (TPSA) is 0 Å². The summed E-state index contributed by atoms with van der Waals surface area (Å²) in [5.41, 5.74) is 0. The molecule has 2 unspecified atom stereocenters. The Morgan fingerprint density at radius 2 is 0.433 bits per heavy atom. The van der Waals surface area contributed by atoms with Crippen molar-refractivity contribution in [2.24, 2.45) is 47.3 Å². The van der Waals surface area contributed by atoms with E-state index in [0.29, 0.717) is 0 Å². The molecule has 0 nitrogen and oxygen atoms in total. The second-order valence-corrected chi connectivity index (χ2v) is 13.2. The highest BCUT2D eigenvalue weighted by molar-refractivity contribution is 4.84. The van der Waals surface area contributed by atoms with Crippen LogP contribution in [0.5, 0.6) is 0 Å². The Bertz CT molecular complexity index is 415. The zero-order valence-electron chi connectivity index (χ0n) is 20.2. The summed E-state index contributed by atoms with van der Waals surface area (Å²) in [6.07, 6.45) is 34.3. The van der Waals surface area contributed by atoms with Crippen LogP contribution in [0, 0.1) is 47.3 Å². The Hall–Kier alpha value is 0. The quantitative estimate of drug-likeness (QED) is 0.371. The average Bonchev–Trinajstić information content (AvgIpc) is 3.58. The lowest BCUT2D eigenvalue weighted by Crippen LogP contribution is -2.20. The van der Waals surface area contributed by atoms with Gasteiger partial charge in [-0.15, -0.1) is 0 Å². The fraction of sp³-hybridized carbons (Fsp3) is 1.00. The highest BCUT2D eigenvalue weighted by Crippen LogP contribution is 2.45. The van der Waals surface area contributed by atoms with Crippen molar-refractivity contribution in [1.82, 2.24) is 0 Å². The molecule has 0 aromatic carbocycles. The molecule has 0 saturated heterocycles. The standard InChI is InChI=1S/2C8H14.2C7H12/c1-2-7-4-5-8(3-1)6-7;1-2-4-8-5-7(3-1)6-8;2*1-2-7-4-3-6(1)5-7/h2*7-8H,1-6H2;2*6-7H,1-5H2. The van der Waals surface area contributed by atoms with Crippen LogP contribution in [0.3, 0.4) is 0 Å². The predicted octanol–water partition coefficient (Wildman–Crippen LogP) is 9.57. The maximum atomic E-state index is 1.58. The molecule has 0 aromatic heterocycles. The summed E-state index contributed by atoms with van der Waals surface area (Å²) in [4.78, 5) is 0. The predicted molar refractivity (Wildman–Crippen MR) is 129 cm³/mol. The summed E-state index contributed by atoms with van der Waals surface area (Å²) in [5.74, 6) is 9.34. The van der Waals surface area contributed by atoms with E-state index < -0.39 is 0 Å². The van der Waals surface area contributed by atoms with Gasteiger partial charge in [0.1, 0.15) is 0 Å². The lowest BCUT2D eigenvalue weighted by molar-refractivity contribution is 0.199. The first kappa shape index (κ1) is 21.8. The highest BCUT2D eigenvalue weighted by Gasteiger charge is 2.32. The van der Waals surface area contributed by atoms with Gasteiger partial charge in [0.2, 0.25) is 0 Å². The van der Waals surface area contributed by atoms with Gasteiger partial charge in [0.15, 0.2) is 0 Å². The first-order chi connectivity index (χ1) is 14.8. The van der Waals surface area contributed by atoms with Gasteiger partial charge in [-0.3, -0.25) is 0 Å². The van der Waals surface area contributed by atoms with E-state index in [1.54, 1.807) is 122 Å². The molecule has 0 heteroatoms. The molecule has 0 aromatic rings. The van der Waals surface area contributed by atoms with Crippen molar-refractivity contribution in [2.75, 3.05) is 0 Å². The van der Waals surface area contributed by atoms with Crippen LogP contribution >= 0.6 is 0 Å². The molecule has 0 spiro atoms. The van der Waals surface area contributed by atoms with Crippen LogP contribution in [0.1, 0.15) is 141 Å². The molecule has 9 saturated carbocycles. The minimum absolute atomic E-state index is 1.16. The summed E-state index contributed by atoms with van der Waals surface area (Å²) in [7, 11) is 0. The van der Waals surface area contributed by atoms with Gasteiger partial charge in [0, 0.05) is 0 Å². The third-order valence-electron chi connectivity index (χ3n) is 10.9. The van der Waals surface area contributed by atoms with Crippen LogP contribution in [0.2, 0.25) is 0 Å². The third-order valence-corrected chi connectivity index (χ3v) is 10.9. The number of rotatable bonds is 0. The van der Waals surface area contributed by atoms with Crippen molar-refractivity contribution in [3.8, 4) is 0 Å². The fourth-order valence-electron chi connectivity index (χ4n) is 8.96. The van der Waals surface area contributed by atoms with Crippen molar-refractivity contribution in [2.45, 2.75) is 141 Å². The van der Waals surface area contributed by atoms with E-state index in [1.165, 1.54) is 54.8 Å². The maximum absolute atomic E-state index is 1.58. The van der Waals surface area contributed by atoms with Crippen LogP contribution in [-0.4, -0.2) is 0 Å². The Kier molecular flexibility index (Phi) is 7.82. The number of fused-ring (bicyclic) bond motifs is 9. The smallest absolute Gasteiger partial charge is 0.0409 e. The molecule has 9 aliphatic rings. The Morgan fingerprint density at radius 1 is 0.200 bits per heavy atom. The molecule has 0 radical (unpaired) electrons. The third kappa shape index (κ3) is 6.07. The van der Waals surface area contributed by atoms with Crippen LogP contribution in [0.4, 0.5) is 0 Å². The van der Waals surface area contributed by atoms with Crippen LogP contribution in [0.15, 0.2) is 0 Å². The molecule has 30 heavy (non-hydrogen) atoms. The van der Waals surface area contributed by atoms with E-state index >= 15 is 0 Å². The molecule has 172 valence electrons. The van der Waals surface area contributed by atoms with Crippen LogP contribution in [-0.2, 0) is 0 Å². The zero-order valence-corrected chi connectivity index (χ0v) is 20.2. The molecular formula is C30H52. The van der Waals surface area contributed by atoms with Gasteiger partial charge in [-0.2, -0.15) is 0 Å². The van der Waals surface area contributed by atoms with E-state index in [4.69, 9.17) is 0 Å². The van der Waals surface area contributed by atoms with Crippen molar-refractivity contribution in [1.29, 1.82) is 0 Å². The first-order valence-electron chi connectivity index (χ1n) is 14.8. The minimum Gasteiger partial charge on any atom is -0.0530 e. The Morgan fingerprint density at radius 3 is 0.700 bits per heavy atom. The van der Waals surface area contributed by atoms with Crippen LogP contribution in [0.25, 0.3) is 0 Å². The summed E-state index contributed by atoms with van der Waals surface area (Å²) in [6.45, 7) is 0. The zero-order chi connectivity index (χ0) is 20.2. The summed E-state index contributed by atoms with van der Waals surface area (Å²) >= 11 is 0. The second kappa shape index (κ2) is 10.7. The molecule has 9 rings (SSSR count). The maximum Gasteiger partial charge on any atom is -0.0409 e. The van der Waals surface area contributed by atoms with E-state index in [9.17, 15) is 0 Å². The summed E-state index contributed by atoms with van der Waals surface area (Å²) in [6, 6.07) is 0. The molecule has 9 aliphatic carbocycles. The van der Waals surface area contributed by atoms with Gasteiger partial charge in [-0.1, -0.05) is 109 Å². The van der Waals surface area contributed by atoms with Gasteiger partial charge in [-0.05, 0) is 79.4 Å². The second-order valence-electron chi connectivity index (χ2n) is 13.2.